The van der Waals surface area contributed by atoms with E-state index in [1.165, 1.54) is 0 Å². The number of H-pyrrole nitrogens is 1. The van der Waals surface area contributed by atoms with Crippen LogP contribution in [0.25, 0.3) is 10.9 Å². The Morgan fingerprint density at radius 3 is 2.73 bits per heavy atom. The number of rotatable bonds is 5. The lowest BCUT2D eigenvalue weighted by molar-refractivity contribution is 0.0953. The molecule has 0 fully saturated rings. The predicted octanol–water partition coefficient (Wildman–Crippen LogP) is 3.13. The van der Waals surface area contributed by atoms with Gasteiger partial charge in [-0.3, -0.25) is 9.59 Å². The highest BCUT2D eigenvalue weighted by molar-refractivity contribution is 5.94. The number of pyridine rings is 1. The van der Waals surface area contributed by atoms with Gasteiger partial charge in [0, 0.05) is 28.6 Å². The van der Waals surface area contributed by atoms with Gasteiger partial charge in [0.05, 0.1) is 7.11 Å². The first kappa shape index (κ1) is 17.7. The standard InChI is InChI=1S/C21H22N2O3/c1-13-9-14(2)18-12-16(21(25)23-19(18)10-13)7-8-22-20(24)15-5-4-6-17(11-15)26-3/h4-6,9-12H,7-8H2,1-3H3,(H,22,24)(H,23,25). The Balaban J connectivity index is 1.72. The maximum atomic E-state index is 12.3. The lowest BCUT2D eigenvalue weighted by Crippen LogP contribution is -2.27. The van der Waals surface area contributed by atoms with Gasteiger partial charge in [0.1, 0.15) is 5.75 Å². The molecule has 3 rings (SSSR count). The van der Waals surface area contributed by atoms with Gasteiger partial charge in [-0.15, -0.1) is 0 Å². The number of hydrogen-bond acceptors (Lipinski definition) is 3. The molecule has 5 nitrogen and oxygen atoms in total. The van der Waals surface area contributed by atoms with Crippen LogP contribution in [0, 0.1) is 13.8 Å². The number of carbonyl (C=O) groups excluding carboxylic acids is 1. The largest absolute Gasteiger partial charge is 0.497 e. The van der Waals surface area contributed by atoms with Gasteiger partial charge >= 0.3 is 0 Å². The fourth-order valence-electron chi connectivity index (χ4n) is 3.08. The summed E-state index contributed by atoms with van der Waals surface area (Å²) in [4.78, 5) is 27.5. The number of nitrogens with one attached hydrogen (secondary N) is 2. The van der Waals surface area contributed by atoms with Gasteiger partial charge in [0.2, 0.25) is 0 Å². The van der Waals surface area contributed by atoms with E-state index >= 15 is 0 Å². The monoisotopic (exact) mass is 350 g/mol. The van der Waals surface area contributed by atoms with Crippen LogP contribution in [0.2, 0.25) is 0 Å². The van der Waals surface area contributed by atoms with Gasteiger partial charge in [-0.05, 0) is 61.7 Å². The molecule has 2 aromatic carbocycles. The summed E-state index contributed by atoms with van der Waals surface area (Å²) in [7, 11) is 1.56. The molecule has 26 heavy (non-hydrogen) atoms. The summed E-state index contributed by atoms with van der Waals surface area (Å²) in [6, 6.07) is 13.0. The molecule has 0 aliphatic rings. The van der Waals surface area contributed by atoms with E-state index in [9.17, 15) is 9.59 Å². The van der Waals surface area contributed by atoms with E-state index in [1.54, 1.807) is 31.4 Å². The van der Waals surface area contributed by atoms with Crippen LogP contribution in [0.1, 0.15) is 27.0 Å². The molecular formula is C21H22N2O3. The SMILES string of the molecule is COc1cccc(C(=O)NCCc2cc3c(C)cc(C)cc3[nH]c2=O)c1. The first-order valence-electron chi connectivity index (χ1n) is 8.53. The topological polar surface area (TPSA) is 71.2 Å². The van der Waals surface area contributed by atoms with Crippen LogP contribution in [0.3, 0.4) is 0 Å². The number of hydrogen-bond donors (Lipinski definition) is 2. The molecule has 0 bridgehead atoms. The number of benzene rings is 2. The average Bonchev–Trinajstić information content (AvgIpc) is 2.62. The number of amides is 1. The quantitative estimate of drug-likeness (QED) is 0.743. The van der Waals surface area contributed by atoms with Crippen molar-refractivity contribution in [3.8, 4) is 5.75 Å². The van der Waals surface area contributed by atoms with E-state index in [0.717, 1.165) is 22.0 Å². The molecule has 0 atom stereocenters. The van der Waals surface area contributed by atoms with Crippen LogP contribution in [-0.4, -0.2) is 24.5 Å². The van der Waals surface area contributed by atoms with Gasteiger partial charge in [-0.25, -0.2) is 0 Å². The van der Waals surface area contributed by atoms with E-state index in [-0.39, 0.29) is 11.5 Å². The van der Waals surface area contributed by atoms with Gasteiger partial charge in [0.15, 0.2) is 0 Å². The van der Waals surface area contributed by atoms with Crippen molar-refractivity contribution in [2.24, 2.45) is 0 Å². The highest BCUT2D eigenvalue weighted by Gasteiger charge is 2.09. The van der Waals surface area contributed by atoms with Crippen molar-refractivity contribution in [3.05, 3.63) is 75.1 Å². The number of fused-ring (bicyclic) bond motifs is 1. The van der Waals surface area contributed by atoms with E-state index in [1.807, 2.05) is 26.0 Å². The number of carbonyl (C=O) groups is 1. The van der Waals surface area contributed by atoms with Crippen molar-refractivity contribution >= 4 is 16.8 Å². The van der Waals surface area contributed by atoms with Crippen LogP contribution in [0.15, 0.2) is 47.3 Å². The van der Waals surface area contributed by atoms with Crippen molar-refractivity contribution in [1.82, 2.24) is 10.3 Å². The number of aromatic nitrogens is 1. The molecule has 0 saturated heterocycles. The molecule has 3 aromatic rings. The van der Waals surface area contributed by atoms with Crippen molar-refractivity contribution in [3.63, 3.8) is 0 Å². The molecule has 5 heteroatoms. The Hall–Kier alpha value is -3.08. The zero-order chi connectivity index (χ0) is 18.7. The summed E-state index contributed by atoms with van der Waals surface area (Å²) >= 11 is 0. The molecular weight excluding hydrogens is 328 g/mol. The molecule has 1 heterocycles. The average molecular weight is 350 g/mol. The Labute approximate surface area is 152 Å². The fraction of sp³-hybridized carbons (Fsp3) is 0.238. The van der Waals surface area contributed by atoms with Gasteiger partial charge in [-0.1, -0.05) is 12.1 Å². The first-order valence-corrected chi connectivity index (χ1v) is 8.53. The summed E-state index contributed by atoms with van der Waals surface area (Å²) in [5, 5.41) is 3.88. The van der Waals surface area contributed by atoms with E-state index in [4.69, 9.17) is 4.74 Å². The minimum atomic E-state index is -0.187. The number of ether oxygens (including phenoxy) is 1. The minimum Gasteiger partial charge on any atom is -0.497 e. The second-order valence-corrected chi connectivity index (χ2v) is 6.40. The Morgan fingerprint density at radius 2 is 1.96 bits per heavy atom. The van der Waals surface area contributed by atoms with Crippen molar-refractivity contribution in [2.75, 3.05) is 13.7 Å². The highest BCUT2D eigenvalue weighted by atomic mass is 16.5. The zero-order valence-electron chi connectivity index (χ0n) is 15.2. The van der Waals surface area contributed by atoms with E-state index < -0.39 is 0 Å². The molecule has 1 amide bonds. The van der Waals surface area contributed by atoms with Gasteiger partial charge < -0.3 is 15.0 Å². The lowest BCUT2D eigenvalue weighted by atomic mass is 10.0. The van der Waals surface area contributed by atoms with Crippen LogP contribution in [-0.2, 0) is 6.42 Å². The first-order chi connectivity index (χ1) is 12.5. The normalized spacial score (nSPS) is 10.7. The van der Waals surface area contributed by atoms with Crippen molar-refractivity contribution < 1.29 is 9.53 Å². The van der Waals surface area contributed by atoms with Gasteiger partial charge in [-0.2, -0.15) is 0 Å². The smallest absolute Gasteiger partial charge is 0.251 e. The van der Waals surface area contributed by atoms with Gasteiger partial charge in [0.25, 0.3) is 11.5 Å². The molecule has 0 spiro atoms. The molecule has 1 aromatic heterocycles. The maximum Gasteiger partial charge on any atom is 0.251 e. The Morgan fingerprint density at radius 1 is 1.15 bits per heavy atom. The third-order valence-corrected chi connectivity index (χ3v) is 4.40. The van der Waals surface area contributed by atoms with Crippen molar-refractivity contribution in [2.45, 2.75) is 20.3 Å². The van der Waals surface area contributed by atoms with Crippen LogP contribution in [0.5, 0.6) is 5.75 Å². The summed E-state index contributed by atoms with van der Waals surface area (Å²) in [6.45, 7) is 4.42. The highest BCUT2D eigenvalue weighted by Crippen LogP contribution is 2.18. The number of aryl methyl sites for hydroxylation is 2. The zero-order valence-corrected chi connectivity index (χ0v) is 15.2. The molecule has 2 N–H and O–H groups in total. The Bertz CT molecular complexity index is 1020. The summed E-state index contributed by atoms with van der Waals surface area (Å²) in [5.74, 6) is 0.447. The summed E-state index contributed by atoms with van der Waals surface area (Å²) < 4.78 is 5.13. The predicted molar refractivity (Wildman–Crippen MR) is 103 cm³/mol. The van der Waals surface area contributed by atoms with Crippen LogP contribution < -0.4 is 15.6 Å². The second-order valence-electron chi connectivity index (χ2n) is 6.40. The molecule has 0 radical (unpaired) electrons. The van der Waals surface area contributed by atoms with E-state index in [2.05, 4.69) is 16.4 Å². The third kappa shape index (κ3) is 3.77. The fourth-order valence-corrected chi connectivity index (χ4v) is 3.08. The molecule has 0 saturated carbocycles. The second kappa shape index (κ2) is 7.44. The summed E-state index contributed by atoms with van der Waals surface area (Å²) in [5.41, 5.74) is 4.16. The molecule has 0 aliphatic carbocycles. The Kier molecular flexibility index (Phi) is 5.07. The van der Waals surface area contributed by atoms with Crippen LogP contribution >= 0.6 is 0 Å². The van der Waals surface area contributed by atoms with E-state index in [0.29, 0.717) is 29.8 Å². The van der Waals surface area contributed by atoms with Crippen LogP contribution in [0.4, 0.5) is 0 Å². The minimum absolute atomic E-state index is 0.113. The lowest BCUT2D eigenvalue weighted by Gasteiger charge is -2.09. The molecule has 0 unspecified atom stereocenters. The summed E-state index contributed by atoms with van der Waals surface area (Å²) in [6.07, 6.45) is 0.467. The molecule has 134 valence electrons. The number of methoxy groups -OCH3 is 1. The molecule has 0 aliphatic heterocycles. The maximum absolute atomic E-state index is 12.3. The third-order valence-electron chi connectivity index (χ3n) is 4.40. The number of aromatic amines is 1. The van der Waals surface area contributed by atoms with Crippen molar-refractivity contribution in [1.29, 1.82) is 0 Å².